The number of fused-ring (bicyclic) bond motifs is 3. The molecule has 6 heteroatoms. The average molecular weight is 442 g/mol. The predicted molar refractivity (Wildman–Crippen MR) is 123 cm³/mol. The second-order valence-electron chi connectivity index (χ2n) is 9.66. The van der Waals surface area contributed by atoms with Gasteiger partial charge >= 0.3 is 5.97 Å². The third-order valence-electron chi connectivity index (χ3n) is 7.57. The normalized spacial score (nSPS) is 26.6. The second kappa shape index (κ2) is 8.65. The number of allylic oxidation sites excluding steroid dienone is 2. The Balaban J connectivity index is 1.45. The van der Waals surface area contributed by atoms with E-state index in [4.69, 9.17) is 5.11 Å². The maximum absolute atomic E-state index is 13.1. The Bertz CT molecular complexity index is 1010. The van der Waals surface area contributed by atoms with E-state index in [1.165, 1.54) is 17.8 Å². The first-order chi connectivity index (χ1) is 14.8. The number of carbonyl (C=O) groups is 2. The quantitative estimate of drug-likeness (QED) is 0.368. The van der Waals surface area contributed by atoms with Crippen molar-refractivity contribution in [1.29, 1.82) is 0 Å². The molecule has 5 nitrogen and oxygen atoms in total. The standard InChI is InChI=1S/C25H31NO4S/c1-25(2)15-11-20(25)17(7-5-3-4-6-8-23(28)29)21(12-15)26-24(30)19-14-31-22-10-9-16(27)13-18(19)22/h3,5,9-10,13-15,17,20-21,27H,4,6-8,11-12H2,1-2H3,(H,26,30)(H,28,29)/t15-,17+,20+,21-/m1/s1. The van der Waals surface area contributed by atoms with Gasteiger partial charge in [0.05, 0.1) is 5.56 Å². The van der Waals surface area contributed by atoms with Gasteiger partial charge in [-0.3, -0.25) is 9.59 Å². The molecule has 1 aromatic carbocycles. The topological polar surface area (TPSA) is 86.6 Å². The molecular formula is C25H31NO4S. The first kappa shape index (κ1) is 21.9. The monoisotopic (exact) mass is 441 g/mol. The zero-order valence-electron chi connectivity index (χ0n) is 18.1. The van der Waals surface area contributed by atoms with E-state index in [2.05, 4.69) is 31.3 Å². The molecular weight excluding hydrogens is 410 g/mol. The molecule has 0 unspecified atom stereocenters. The van der Waals surface area contributed by atoms with Crippen molar-refractivity contribution in [3.05, 3.63) is 41.3 Å². The number of amides is 1. The smallest absolute Gasteiger partial charge is 0.303 e. The largest absolute Gasteiger partial charge is 0.508 e. The van der Waals surface area contributed by atoms with Crippen molar-refractivity contribution in [2.75, 3.05) is 0 Å². The van der Waals surface area contributed by atoms with Gasteiger partial charge < -0.3 is 15.5 Å². The van der Waals surface area contributed by atoms with Gasteiger partial charge in [0.25, 0.3) is 5.91 Å². The van der Waals surface area contributed by atoms with Gasteiger partial charge in [-0.25, -0.2) is 0 Å². The number of aromatic hydroxyl groups is 1. The van der Waals surface area contributed by atoms with Crippen molar-refractivity contribution < 1.29 is 19.8 Å². The Morgan fingerprint density at radius 1 is 1.26 bits per heavy atom. The molecule has 3 aliphatic rings. The van der Waals surface area contributed by atoms with Crippen molar-refractivity contribution >= 4 is 33.3 Å². The molecule has 1 heterocycles. The van der Waals surface area contributed by atoms with Gasteiger partial charge in [0.1, 0.15) is 5.75 Å². The van der Waals surface area contributed by atoms with Gasteiger partial charge in [0, 0.05) is 27.9 Å². The van der Waals surface area contributed by atoms with Crippen LogP contribution >= 0.6 is 11.3 Å². The lowest BCUT2D eigenvalue weighted by atomic mass is 9.44. The molecule has 2 aromatic rings. The van der Waals surface area contributed by atoms with Crippen LogP contribution in [0.3, 0.4) is 0 Å². The van der Waals surface area contributed by atoms with E-state index in [1.807, 2.05) is 11.4 Å². The summed E-state index contributed by atoms with van der Waals surface area (Å²) in [5.74, 6) is 0.978. The number of phenolic OH excluding ortho intramolecular Hbond substituents is 1. The van der Waals surface area contributed by atoms with Gasteiger partial charge in [-0.1, -0.05) is 26.0 Å². The van der Waals surface area contributed by atoms with Gasteiger partial charge in [0.15, 0.2) is 0 Å². The summed E-state index contributed by atoms with van der Waals surface area (Å²) in [6.45, 7) is 4.70. The van der Waals surface area contributed by atoms with E-state index in [9.17, 15) is 14.7 Å². The summed E-state index contributed by atoms with van der Waals surface area (Å²) >= 11 is 1.52. The highest BCUT2D eigenvalue weighted by Crippen LogP contribution is 2.62. The Kier molecular flexibility index (Phi) is 6.11. The van der Waals surface area contributed by atoms with Crippen LogP contribution in [0.5, 0.6) is 5.75 Å². The third kappa shape index (κ3) is 4.36. The number of hydrogen-bond acceptors (Lipinski definition) is 4. The first-order valence-corrected chi connectivity index (χ1v) is 12.0. The molecule has 4 atom stereocenters. The summed E-state index contributed by atoms with van der Waals surface area (Å²) in [4.78, 5) is 23.8. The Morgan fingerprint density at radius 3 is 2.81 bits per heavy atom. The minimum Gasteiger partial charge on any atom is -0.508 e. The highest BCUT2D eigenvalue weighted by atomic mass is 32.1. The number of carboxylic acid groups (broad SMARTS) is 1. The summed E-state index contributed by atoms with van der Waals surface area (Å²) in [5, 5.41) is 24.6. The third-order valence-corrected chi connectivity index (χ3v) is 8.54. The lowest BCUT2D eigenvalue weighted by Gasteiger charge is -2.62. The van der Waals surface area contributed by atoms with E-state index < -0.39 is 5.97 Å². The highest BCUT2D eigenvalue weighted by Gasteiger charge is 2.57. The van der Waals surface area contributed by atoms with Crippen molar-refractivity contribution in [1.82, 2.24) is 5.32 Å². The zero-order valence-corrected chi connectivity index (χ0v) is 19.0. The summed E-state index contributed by atoms with van der Waals surface area (Å²) in [6.07, 6.45) is 9.04. The molecule has 0 saturated heterocycles. The zero-order chi connectivity index (χ0) is 22.2. The molecule has 3 N–H and O–H groups in total. The predicted octanol–water partition coefficient (Wildman–Crippen LogP) is 5.59. The van der Waals surface area contributed by atoms with Crippen LogP contribution in [0.2, 0.25) is 0 Å². The second-order valence-corrected chi connectivity index (χ2v) is 10.6. The average Bonchev–Trinajstić information content (AvgIpc) is 3.13. The van der Waals surface area contributed by atoms with Crippen LogP contribution in [-0.2, 0) is 4.79 Å². The molecule has 3 aliphatic carbocycles. The number of carbonyl (C=O) groups excluding carboxylic acids is 1. The maximum Gasteiger partial charge on any atom is 0.303 e. The Hall–Kier alpha value is -2.34. The molecule has 166 valence electrons. The summed E-state index contributed by atoms with van der Waals surface area (Å²) in [6, 6.07) is 5.30. The van der Waals surface area contributed by atoms with Gasteiger partial charge in [-0.05, 0) is 73.5 Å². The van der Waals surface area contributed by atoms with Crippen molar-refractivity contribution in [3.63, 3.8) is 0 Å². The molecule has 1 amide bonds. The number of hydrogen-bond donors (Lipinski definition) is 3. The molecule has 1 aromatic heterocycles. The van der Waals surface area contributed by atoms with Gasteiger partial charge in [0.2, 0.25) is 0 Å². The molecule has 31 heavy (non-hydrogen) atoms. The van der Waals surface area contributed by atoms with Crippen molar-refractivity contribution in [2.45, 2.75) is 58.4 Å². The number of rotatable bonds is 8. The highest BCUT2D eigenvalue weighted by molar-refractivity contribution is 7.17. The Labute approximate surface area is 187 Å². The maximum atomic E-state index is 13.1. The Morgan fingerprint density at radius 2 is 2.06 bits per heavy atom. The fourth-order valence-electron chi connectivity index (χ4n) is 5.62. The lowest BCUT2D eigenvalue weighted by molar-refractivity contribution is -0.137. The summed E-state index contributed by atoms with van der Waals surface area (Å²) in [5.41, 5.74) is 0.946. The summed E-state index contributed by atoms with van der Waals surface area (Å²) in [7, 11) is 0. The lowest BCUT2D eigenvalue weighted by Crippen LogP contribution is -2.61. The van der Waals surface area contributed by atoms with E-state index in [0.717, 1.165) is 29.3 Å². The number of nitrogens with one attached hydrogen (secondary N) is 1. The number of phenols is 1. The van der Waals surface area contributed by atoms with Crippen molar-refractivity contribution in [3.8, 4) is 5.75 Å². The molecule has 0 spiro atoms. The van der Waals surface area contributed by atoms with E-state index in [0.29, 0.717) is 35.2 Å². The van der Waals surface area contributed by atoms with Crippen LogP contribution in [0.1, 0.15) is 62.7 Å². The van der Waals surface area contributed by atoms with E-state index >= 15 is 0 Å². The molecule has 3 fully saturated rings. The summed E-state index contributed by atoms with van der Waals surface area (Å²) < 4.78 is 0.997. The fourth-order valence-corrected chi connectivity index (χ4v) is 6.54. The molecule has 0 radical (unpaired) electrons. The molecule has 2 bridgehead atoms. The number of thiophene rings is 1. The minimum atomic E-state index is -0.750. The molecule has 0 aliphatic heterocycles. The van der Waals surface area contributed by atoms with Crippen LogP contribution in [0.15, 0.2) is 35.7 Å². The fraction of sp³-hybridized carbons (Fsp3) is 0.520. The van der Waals surface area contributed by atoms with Crippen LogP contribution in [0.4, 0.5) is 0 Å². The van der Waals surface area contributed by atoms with Crippen LogP contribution < -0.4 is 5.32 Å². The minimum absolute atomic E-state index is 0.0589. The molecule has 5 rings (SSSR count). The van der Waals surface area contributed by atoms with E-state index in [1.54, 1.807) is 12.1 Å². The molecule has 3 saturated carbocycles. The first-order valence-electron chi connectivity index (χ1n) is 11.1. The van der Waals surface area contributed by atoms with Crippen LogP contribution in [0.25, 0.3) is 10.1 Å². The van der Waals surface area contributed by atoms with Gasteiger partial charge in [-0.15, -0.1) is 11.3 Å². The van der Waals surface area contributed by atoms with Crippen LogP contribution in [0, 0.1) is 23.2 Å². The number of carboxylic acids is 1. The SMILES string of the molecule is CC1(C)[C@H]2C[C@@H](NC(=O)c3csc4ccc(O)cc34)[C@@H](CC=CCCCC(=O)O)[C@@H]1C2. The van der Waals surface area contributed by atoms with E-state index in [-0.39, 0.29) is 24.1 Å². The van der Waals surface area contributed by atoms with Crippen LogP contribution in [-0.4, -0.2) is 28.1 Å². The number of unbranched alkanes of at least 4 members (excludes halogenated alkanes) is 1. The number of aliphatic carboxylic acids is 1. The van der Waals surface area contributed by atoms with Crippen molar-refractivity contribution in [2.24, 2.45) is 23.2 Å². The number of benzene rings is 1. The van der Waals surface area contributed by atoms with Gasteiger partial charge in [-0.2, -0.15) is 0 Å².